The lowest BCUT2D eigenvalue weighted by molar-refractivity contribution is -0.161. The van der Waals surface area contributed by atoms with E-state index in [2.05, 4.69) is 118 Å². The van der Waals surface area contributed by atoms with E-state index in [1.165, 1.54) is 96.3 Å². The minimum Gasteiger partial charge on any atom is -0.462 e. The highest BCUT2D eigenvalue weighted by Gasteiger charge is 2.28. The molecule has 0 aliphatic heterocycles. The summed E-state index contributed by atoms with van der Waals surface area (Å²) in [7, 11) is -4.78. The minimum atomic E-state index is -4.78. The van der Waals surface area contributed by atoms with Gasteiger partial charge in [-0.25, -0.2) is 4.57 Å². The van der Waals surface area contributed by atoms with Gasteiger partial charge in [0.1, 0.15) is 12.7 Å². The summed E-state index contributed by atoms with van der Waals surface area (Å²) in [6, 6.07) is 0. The second-order valence-electron chi connectivity index (χ2n) is 20.8. The maximum Gasteiger partial charge on any atom is 0.472 e. The molecule has 0 aliphatic carbocycles. The number of aliphatic hydroxyl groups excluding tert-OH is 1. The average Bonchev–Trinajstić information content (AvgIpc) is 3.45. The highest BCUT2D eigenvalue weighted by Crippen LogP contribution is 2.43. The monoisotopic (exact) mass is 1140 g/mol. The van der Waals surface area contributed by atoms with Crippen LogP contribution in [0.25, 0.3) is 0 Å². The van der Waals surface area contributed by atoms with Crippen molar-refractivity contribution in [1.82, 2.24) is 0 Å². The fraction of sp³-hybridized carbons (Fsp3) is 0.691. The molecule has 0 heterocycles. The summed E-state index contributed by atoms with van der Waals surface area (Å²) in [5, 5.41) is 9.85. The number of hydrogen-bond donors (Lipinski definition) is 2. The van der Waals surface area contributed by atoms with E-state index >= 15 is 0 Å². The lowest BCUT2D eigenvalue weighted by atomic mass is 10.0. The highest BCUT2D eigenvalue weighted by molar-refractivity contribution is 7.47. The van der Waals surface area contributed by atoms with Crippen molar-refractivity contribution in [3.8, 4) is 0 Å². The second-order valence-corrected chi connectivity index (χ2v) is 22.3. The van der Waals surface area contributed by atoms with Crippen LogP contribution in [0, 0.1) is 0 Å². The third kappa shape index (κ3) is 58.8. The van der Waals surface area contributed by atoms with Crippen LogP contribution >= 0.6 is 7.82 Å². The molecule has 0 aromatic carbocycles. The summed E-state index contributed by atoms with van der Waals surface area (Å²) in [5.41, 5.74) is 0. The Morgan fingerprint density at radius 2 is 0.675 bits per heavy atom. The summed E-state index contributed by atoms with van der Waals surface area (Å²) in [6.07, 6.45) is 74.8. The average molecular weight is 1140 g/mol. The zero-order valence-corrected chi connectivity index (χ0v) is 51.7. The summed E-state index contributed by atoms with van der Waals surface area (Å²) in [4.78, 5) is 48.7. The van der Waals surface area contributed by atoms with Crippen molar-refractivity contribution >= 4 is 25.7 Å². The van der Waals surface area contributed by atoms with Gasteiger partial charge < -0.3 is 24.2 Å². The molecule has 0 rings (SSSR count). The fourth-order valence-electron chi connectivity index (χ4n) is 8.39. The molecule has 0 aromatic rings. The lowest BCUT2D eigenvalue weighted by Crippen LogP contribution is -2.30. The number of carbonyl (C=O) groups is 3. The molecule has 80 heavy (non-hydrogen) atoms. The first kappa shape index (κ1) is 76.1. The van der Waals surface area contributed by atoms with E-state index in [1.807, 2.05) is 12.2 Å². The number of carbonyl (C=O) groups excluding carboxylic acids is 3. The Morgan fingerprint density at radius 1 is 0.362 bits per heavy atom. The topological polar surface area (TPSA) is 155 Å². The lowest BCUT2D eigenvalue weighted by Gasteiger charge is -2.21. The number of aliphatic hydroxyl groups is 1. The number of phosphoric ester groups is 1. The third-order valence-electron chi connectivity index (χ3n) is 13.2. The quantitative estimate of drug-likeness (QED) is 0.0197. The van der Waals surface area contributed by atoms with Gasteiger partial charge in [0.05, 0.1) is 19.8 Å². The molecule has 0 saturated heterocycles. The van der Waals surface area contributed by atoms with Crippen LogP contribution in [0.15, 0.2) is 109 Å². The van der Waals surface area contributed by atoms with Crippen molar-refractivity contribution in [3.05, 3.63) is 109 Å². The van der Waals surface area contributed by atoms with E-state index in [9.17, 15) is 28.9 Å². The van der Waals surface area contributed by atoms with Crippen LogP contribution in [-0.4, -0.2) is 66.5 Å². The van der Waals surface area contributed by atoms with Crippen molar-refractivity contribution in [3.63, 3.8) is 0 Å². The predicted molar refractivity (Wildman–Crippen MR) is 334 cm³/mol. The molecule has 3 atom stereocenters. The molecule has 0 aliphatic rings. The van der Waals surface area contributed by atoms with E-state index in [0.717, 1.165) is 103 Å². The van der Waals surface area contributed by atoms with Gasteiger partial charge in [-0.15, -0.1) is 0 Å². The summed E-state index contributed by atoms with van der Waals surface area (Å²) in [5.74, 6) is -1.58. The first-order valence-corrected chi connectivity index (χ1v) is 33.3. The molecule has 0 bridgehead atoms. The second kappa shape index (κ2) is 61.2. The van der Waals surface area contributed by atoms with E-state index in [0.29, 0.717) is 25.7 Å². The Hall–Kier alpha value is -3.86. The van der Waals surface area contributed by atoms with E-state index < -0.39 is 57.8 Å². The van der Waals surface area contributed by atoms with Crippen molar-refractivity contribution in [2.45, 2.75) is 277 Å². The molecular weight excluding hydrogens is 1020 g/mol. The van der Waals surface area contributed by atoms with Crippen molar-refractivity contribution in [1.29, 1.82) is 0 Å². The van der Waals surface area contributed by atoms with Crippen LogP contribution in [0.2, 0.25) is 0 Å². The Morgan fingerprint density at radius 3 is 1.10 bits per heavy atom. The summed E-state index contributed by atoms with van der Waals surface area (Å²) >= 11 is 0. The van der Waals surface area contributed by atoms with Gasteiger partial charge in [0.2, 0.25) is 0 Å². The standard InChI is InChI=1S/C68H115O11P/c1-4-7-10-13-16-19-22-25-28-30-32-34-37-40-43-46-49-52-55-58-67(71)78-64(60-69)62-76-80(73,74)77-63-65(61-75-66(70)57-54-51-48-45-42-39-36-27-24-21-18-15-12-9-6-3)79-68(72)59-56-53-50-47-44-41-38-35-33-31-29-26-23-20-17-14-11-8-5-2/h8,11,16-17,19-20,25-26,28-29,32-35,41,44,50,53,64-65,69H,4-7,9-10,12-15,18,21-24,27,30-31,36-40,42-43,45-49,51-52,54-63H2,1-3H3,(H,73,74)/b11-8-,19-16-,20-17-,28-25-,29-26-,34-32-,35-33-,44-41-,53-50-. The van der Waals surface area contributed by atoms with Gasteiger partial charge in [0.15, 0.2) is 6.10 Å². The van der Waals surface area contributed by atoms with Gasteiger partial charge in [-0.3, -0.25) is 23.4 Å². The number of phosphoric acid groups is 1. The van der Waals surface area contributed by atoms with Crippen molar-refractivity contribution < 1.29 is 52.2 Å². The van der Waals surface area contributed by atoms with Gasteiger partial charge in [0, 0.05) is 19.3 Å². The van der Waals surface area contributed by atoms with Gasteiger partial charge in [-0.2, -0.15) is 0 Å². The first-order chi connectivity index (χ1) is 39.2. The Bertz CT molecular complexity index is 1760. The van der Waals surface area contributed by atoms with Crippen molar-refractivity contribution in [2.75, 3.05) is 26.4 Å². The minimum absolute atomic E-state index is 0.0386. The van der Waals surface area contributed by atoms with Crippen LogP contribution in [-0.2, 0) is 42.2 Å². The highest BCUT2D eigenvalue weighted by atomic mass is 31.2. The van der Waals surface area contributed by atoms with E-state index in [1.54, 1.807) is 0 Å². The van der Waals surface area contributed by atoms with E-state index in [-0.39, 0.29) is 25.9 Å². The van der Waals surface area contributed by atoms with Crippen LogP contribution in [0.4, 0.5) is 0 Å². The molecule has 0 aromatic heterocycles. The van der Waals surface area contributed by atoms with Gasteiger partial charge in [0.25, 0.3) is 0 Å². The molecular formula is C68H115O11P. The normalized spacial score (nSPS) is 14.0. The molecule has 0 spiro atoms. The van der Waals surface area contributed by atoms with Crippen molar-refractivity contribution in [2.24, 2.45) is 0 Å². The number of hydrogen-bond acceptors (Lipinski definition) is 10. The maximum atomic E-state index is 12.9. The largest absolute Gasteiger partial charge is 0.472 e. The zero-order valence-electron chi connectivity index (χ0n) is 50.8. The third-order valence-corrected chi connectivity index (χ3v) is 14.1. The number of allylic oxidation sites excluding steroid dienone is 18. The molecule has 0 amide bonds. The van der Waals surface area contributed by atoms with Crippen LogP contribution in [0.1, 0.15) is 265 Å². The Kier molecular flexibility index (Phi) is 58.3. The molecule has 0 fully saturated rings. The maximum absolute atomic E-state index is 12.9. The van der Waals surface area contributed by atoms with Gasteiger partial charge in [-0.05, 0) is 96.3 Å². The molecule has 0 radical (unpaired) electrons. The summed E-state index contributed by atoms with van der Waals surface area (Å²) in [6.45, 7) is 4.43. The smallest absolute Gasteiger partial charge is 0.462 e. The number of unbranched alkanes of at least 4 members (excludes halogenated alkanes) is 23. The van der Waals surface area contributed by atoms with Crippen LogP contribution in [0.3, 0.4) is 0 Å². The zero-order chi connectivity index (χ0) is 58.3. The van der Waals surface area contributed by atoms with Gasteiger partial charge in [-0.1, -0.05) is 259 Å². The van der Waals surface area contributed by atoms with Crippen LogP contribution in [0.5, 0.6) is 0 Å². The van der Waals surface area contributed by atoms with Gasteiger partial charge >= 0.3 is 25.7 Å². The Labute approximate surface area is 488 Å². The van der Waals surface area contributed by atoms with Crippen LogP contribution < -0.4 is 0 Å². The SMILES string of the molecule is CC/C=C\C/C=C\C/C=C\C/C=C\C/C=C\C/C=C\CCC(=O)OC(COC(=O)CCCCCCCCCCCCCCCCC)COP(=O)(O)OCC(CO)OC(=O)CCCCCCCC/C=C\C/C=C\C/C=C\CCCCC. The number of esters is 3. The number of rotatable bonds is 58. The fourth-order valence-corrected chi connectivity index (χ4v) is 9.17. The number of ether oxygens (including phenoxy) is 3. The first-order valence-electron chi connectivity index (χ1n) is 31.8. The molecule has 458 valence electrons. The molecule has 2 N–H and O–H groups in total. The molecule has 11 nitrogen and oxygen atoms in total. The molecule has 3 unspecified atom stereocenters. The molecule has 0 saturated carbocycles. The molecule has 12 heteroatoms. The Balaban J connectivity index is 4.80. The predicted octanol–water partition coefficient (Wildman–Crippen LogP) is 19.4. The summed E-state index contributed by atoms with van der Waals surface area (Å²) < 4.78 is 39.6. The van der Waals surface area contributed by atoms with E-state index in [4.69, 9.17) is 23.3 Å².